The standard InChI is InChI=1S/C28H47NO5Si/c1-26(2,3)33-24(30)29(25(31)34-27(4,5)6)20-14-18-22-16-12-13-17-23(22)19-15-21-32-35(10,11)28(7,8)9/h12-14,16-18H,15,19-21H2,1-11H3/b18-14+. The van der Waals surface area contributed by atoms with Gasteiger partial charge in [-0.15, -0.1) is 0 Å². The van der Waals surface area contributed by atoms with Crippen LogP contribution in [-0.4, -0.2) is 49.8 Å². The van der Waals surface area contributed by atoms with E-state index >= 15 is 0 Å². The molecule has 2 amide bonds. The summed E-state index contributed by atoms with van der Waals surface area (Å²) in [7, 11) is -1.75. The van der Waals surface area contributed by atoms with Gasteiger partial charge in [0.2, 0.25) is 0 Å². The summed E-state index contributed by atoms with van der Waals surface area (Å²) in [5, 5.41) is 0.196. The lowest BCUT2D eigenvalue weighted by atomic mass is 10.0. The first-order chi connectivity index (χ1) is 15.8. The minimum absolute atomic E-state index is 0.0483. The lowest BCUT2D eigenvalue weighted by Crippen LogP contribution is -2.43. The zero-order chi connectivity index (χ0) is 27.1. The Morgan fingerprint density at radius 3 is 1.89 bits per heavy atom. The molecule has 1 aromatic rings. The number of aryl methyl sites for hydroxylation is 1. The highest BCUT2D eigenvalue weighted by molar-refractivity contribution is 6.74. The highest BCUT2D eigenvalue weighted by Gasteiger charge is 2.36. The Balaban J connectivity index is 2.89. The number of imide groups is 1. The molecular formula is C28H47NO5Si. The van der Waals surface area contributed by atoms with E-state index in [-0.39, 0.29) is 11.6 Å². The number of nitrogens with zero attached hydrogens (tertiary/aromatic N) is 1. The van der Waals surface area contributed by atoms with Crippen molar-refractivity contribution in [1.82, 2.24) is 4.90 Å². The Morgan fingerprint density at radius 2 is 1.40 bits per heavy atom. The molecule has 1 aromatic carbocycles. The van der Waals surface area contributed by atoms with Crippen LogP contribution in [0.1, 0.15) is 79.9 Å². The van der Waals surface area contributed by atoms with Gasteiger partial charge in [0.1, 0.15) is 11.2 Å². The number of carbonyl (C=O) groups excluding carboxylic acids is 2. The van der Waals surface area contributed by atoms with Crippen molar-refractivity contribution < 1.29 is 23.5 Å². The zero-order valence-corrected chi connectivity index (χ0v) is 24.8. The molecule has 0 radical (unpaired) electrons. The summed E-state index contributed by atoms with van der Waals surface area (Å²) in [6.45, 7) is 22.6. The number of amides is 2. The average molecular weight is 506 g/mol. The van der Waals surface area contributed by atoms with Crippen molar-refractivity contribution >= 4 is 26.6 Å². The number of rotatable bonds is 8. The third-order valence-electron chi connectivity index (χ3n) is 5.73. The molecule has 198 valence electrons. The fraction of sp³-hybridized carbons (Fsp3) is 0.643. The molecule has 0 fully saturated rings. The molecule has 0 bridgehead atoms. The smallest absolute Gasteiger partial charge is 0.420 e. The summed E-state index contributed by atoms with van der Waals surface area (Å²) in [5.41, 5.74) is 0.803. The van der Waals surface area contributed by atoms with Crippen LogP contribution in [0.3, 0.4) is 0 Å². The molecule has 1 rings (SSSR count). The molecule has 0 unspecified atom stereocenters. The Bertz CT molecular complexity index is 845. The third-order valence-corrected chi connectivity index (χ3v) is 10.3. The third kappa shape index (κ3) is 11.4. The van der Waals surface area contributed by atoms with Crippen LogP contribution in [0.5, 0.6) is 0 Å². The van der Waals surface area contributed by atoms with E-state index in [2.05, 4.69) is 39.9 Å². The maximum atomic E-state index is 12.7. The molecule has 0 aliphatic heterocycles. The highest BCUT2D eigenvalue weighted by Crippen LogP contribution is 2.36. The molecule has 0 aliphatic rings. The number of hydrogen-bond acceptors (Lipinski definition) is 5. The van der Waals surface area contributed by atoms with Gasteiger partial charge in [-0.25, -0.2) is 14.5 Å². The van der Waals surface area contributed by atoms with Gasteiger partial charge in [0, 0.05) is 6.61 Å². The molecule has 7 heteroatoms. The fourth-order valence-corrected chi connectivity index (χ4v) is 3.96. The van der Waals surface area contributed by atoms with Crippen LogP contribution in [0.2, 0.25) is 18.1 Å². The van der Waals surface area contributed by atoms with Gasteiger partial charge in [-0.2, -0.15) is 0 Å². The minimum atomic E-state index is -1.75. The van der Waals surface area contributed by atoms with E-state index in [0.29, 0.717) is 0 Å². The number of benzene rings is 1. The summed E-state index contributed by atoms with van der Waals surface area (Å²) in [6, 6.07) is 8.14. The van der Waals surface area contributed by atoms with Gasteiger partial charge in [-0.3, -0.25) is 0 Å². The van der Waals surface area contributed by atoms with Crippen molar-refractivity contribution in [1.29, 1.82) is 0 Å². The molecule has 0 spiro atoms. The predicted octanol–water partition coefficient (Wildman–Crippen LogP) is 7.83. The second-order valence-electron chi connectivity index (χ2n) is 12.4. The van der Waals surface area contributed by atoms with Gasteiger partial charge in [0.15, 0.2) is 8.32 Å². The van der Waals surface area contributed by atoms with E-state index in [1.165, 1.54) is 5.56 Å². The van der Waals surface area contributed by atoms with Crippen molar-refractivity contribution in [2.75, 3.05) is 13.2 Å². The molecule has 0 aromatic heterocycles. The number of ether oxygens (including phenoxy) is 2. The van der Waals surface area contributed by atoms with Crippen LogP contribution in [0, 0.1) is 0 Å². The second-order valence-corrected chi connectivity index (χ2v) is 17.2. The van der Waals surface area contributed by atoms with Crippen LogP contribution in [0.4, 0.5) is 9.59 Å². The monoisotopic (exact) mass is 505 g/mol. The second kappa shape index (κ2) is 12.2. The maximum absolute atomic E-state index is 12.7. The first-order valence-corrected chi connectivity index (χ1v) is 15.4. The molecule has 0 N–H and O–H groups in total. The SMILES string of the molecule is CC(C)(C)OC(=O)N(C/C=C/c1ccccc1CCCO[Si](C)(C)C(C)(C)C)C(=O)OC(C)(C)C. The summed E-state index contributed by atoms with van der Waals surface area (Å²) in [4.78, 5) is 26.3. The number of hydrogen-bond donors (Lipinski definition) is 0. The van der Waals surface area contributed by atoms with Crippen LogP contribution in [0.25, 0.3) is 6.08 Å². The van der Waals surface area contributed by atoms with Crippen LogP contribution < -0.4 is 0 Å². The largest absolute Gasteiger partial charge is 0.443 e. The predicted molar refractivity (Wildman–Crippen MR) is 146 cm³/mol. The first-order valence-electron chi connectivity index (χ1n) is 12.4. The quantitative estimate of drug-likeness (QED) is 0.266. The van der Waals surface area contributed by atoms with E-state index in [4.69, 9.17) is 13.9 Å². The molecule has 0 saturated heterocycles. The van der Waals surface area contributed by atoms with E-state index in [1.54, 1.807) is 47.6 Å². The van der Waals surface area contributed by atoms with Gasteiger partial charge in [0.05, 0.1) is 6.54 Å². The summed E-state index contributed by atoms with van der Waals surface area (Å²) in [6.07, 6.45) is 4.08. The topological polar surface area (TPSA) is 65.1 Å². The van der Waals surface area contributed by atoms with E-state index in [0.717, 1.165) is 29.9 Å². The first kappa shape index (κ1) is 30.9. The molecule has 0 atom stereocenters. The molecular weight excluding hydrogens is 458 g/mol. The van der Waals surface area contributed by atoms with Gasteiger partial charge in [-0.1, -0.05) is 57.2 Å². The number of carbonyl (C=O) groups is 2. The molecule has 0 heterocycles. The van der Waals surface area contributed by atoms with Crippen LogP contribution in [0.15, 0.2) is 30.3 Å². The summed E-state index contributed by atoms with van der Waals surface area (Å²) in [5.74, 6) is 0. The van der Waals surface area contributed by atoms with E-state index < -0.39 is 31.7 Å². The molecule has 0 aliphatic carbocycles. The van der Waals surface area contributed by atoms with Gasteiger partial charge in [0.25, 0.3) is 0 Å². The van der Waals surface area contributed by atoms with Crippen molar-refractivity contribution in [2.45, 2.75) is 104 Å². The maximum Gasteiger partial charge on any atom is 0.420 e. The minimum Gasteiger partial charge on any atom is -0.443 e. The van der Waals surface area contributed by atoms with Gasteiger partial charge >= 0.3 is 12.2 Å². The summed E-state index contributed by atoms with van der Waals surface area (Å²) >= 11 is 0. The molecule has 0 saturated carbocycles. The Labute approximate surface area is 214 Å². The normalized spacial score (nSPS) is 13.1. The van der Waals surface area contributed by atoms with E-state index in [9.17, 15) is 9.59 Å². The Morgan fingerprint density at radius 1 is 0.886 bits per heavy atom. The van der Waals surface area contributed by atoms with Gasteiger partial charge < -0.3 is 13.9 Å². The van der Waals surface area contributed by atoms with Crippen molar-refractivity contribution in [3.05, 3.63) is 41.5 Å². The average Bonchev–Trinajstić information content (AvgIpc) is 2.65. The van der Waals surface area contributed by atoms with Crippen molar-refractivity contribution in [2.24, 2.45) is 0 Å². The van der Waals surface area contributed by atoms with Crippen molar-refractivity contribution in [3.8, 4) is 0 Å². The highest BCUT2D eigenvalue weighted by atomic mass is 28.4. The Kier molecular flexibility index (Phi) is 10.8. The molecule has 6 nitrogen and oxygen atoms in total. The lowest BCUT2D eigenvalue weighted by molar-refractivity contribution is 0.00376. The summed E-state index contributed by atoms with van der Waals surface area (Å²) < 4.78 is 17.2. The zero-order valence-electron chi connectivity index (χ0n) is 23.8. The van der Waals surface area contributed by atoms with Gasteiger partial charge in [-0.05, 0) is 83.6 Å². The fourth-order valence-electron chi connectivity index (χ4n) is 2.87. The van der Waals surface area contributed by atoms with Crippen LogP contribution >= 0.6 is 0 Å². The van der Waals surface area contributed by atoms with Crippen LogP contribution in [-0.2, 0) is 20.3 Å². The Hall–Kier alpha value is -2.12. The lowest BCUT2D eigenvalue weighted by Gasteiger charge is -2.36. The van der Waals surface area contributed by atoms with E-state index in [1.807, 2.05) is 24.3 Å². The molecule has 35 heavy (non-hydrogen) atoms. The van der Waals surface area contributed by atoms with Crippen molar-refractivity contribution in [3.63, 3.8) is 0 Å².